The number of hydrogen-bond acceptors (Lipinski definition) is 8. The summed E-state index contributed by atoms with van der Waals surface area (Å²) in [6.07, 6.45) is 7.32. The predicted octanol–water partition coefficient (Wildman–Crippen LogP) is 3.47. The number of hydrazone groups is 1. The molecule has 1 heterocycles. The van der Waals surface area contributed by atoms with Gasteiger partial charge in [0, 0.05) is 24.3 Å². The Labute approximate surface area is 232 Å². The minimum Gasteiger partial charge on any atom is -0.482 e. The number of nitrogens with zero attached hydrogens (tertiary/aromatic N) is 2. The molecule has 1 aromatic rings. The highest BCUT2D eigenvalue weighted by Crippen LogP contribution is 2.60. The van der Waals surface area contributed by atoms with E-state index in [9.17, 15) is 19.7 Å². The number of ketones is 1. The van der Waals surface area contributed by atoms with Gasteiger partial charge in [0.2, 0.25) is 0 Å². The lowest BCUT2D eigenvalue weighted by Gasteiger charge is -2.57. The predicted molar refractivity (Wildman–Crippen MR) is 152 cm³/mol. The third-order valence-electron chi connectivity index (χ3n) is 9.91. The van der Waals surface area contributed by atoms with Gasteiger partial charge >= 0.3 is 13.0 Å². The molecule has 1 aromatic carbocycles. The molecule has 9 heteroatoms. The number of hydrogen-bond donors (Lipinski definition) is 2. The lowest BCUT2D eigenvalue weighted by molar-refractivity contribution is -0.181. The van der Waals surface area contributed by atoms with Crippen LogP contribution in [-0.4, -0.2) is 65.9 Å². The van der Waals surface area contributed by atoms with Gasteiger partial charge in [-0.25, -0.2) is 4.79 Å². The first kappa shape index (κ1) is 29.3. The quantitative estimate of drug-likeness (QED) is 0.297. The molecular formula is C30H43BN2O6. The minimum absolute atomic E-state index is 0.154. The van der Waals surface area contributed by atoms with Gasteiger partial charge < -0.3 is 29.3 Å². The van der Waals surface area contributed by atoms with E-state index in [0.29, 0.717) is 36.4 Å². The Hall–Kier alpha value is -2.65. The van der Waals surface area contributed by atoms with E-state index in [4.69, 9.17) is 9.47 Å². The molecule has 8 nitrogen and oxygen atoms in total. The zero-order valence-corrected chi connectivity index (χ0v) is 24.0. The first-order chi connectivity index (χ1) is 18.3. The Balaban J connectivity index is 1.54. The molecule has 3 aliphatic rings. The topological polar surface area (TPSA) is 109 Å². The minimum atomic E-state index is -0.894. The lowest BCUT2D eigenvalue weighted by Crippen LogP contribution is -2.55. The molecule has 1 aliphatic heterocycles. The van der Waals surface area contributed by atoms with Crippen molar-refractivity contribution in [3.8, 4) is 5.75 Å². The highest BCUT2D eigenvalue weighted by atomic mass is 16.6. The number of aliphatic hydroxyl groups excluding tert-OH is 1. The average Bonchev–Trinajstić information content (AvgIpc) is 2.90. The van der Waals surface area contributed by atoms with Gasteiger partial charge in [-0.15, -0.1) is 6.58 Å². The molecule has 2 bridgehead atoms. The maximum atomic E-state index is 13.2. The molecule has 0 aromatic heterocycles. The highest BCUT2D eigenvalue weighted by molar-refractivity contribution is 6.65. The summed E-state index contributed by atoms with van der Waals surface area (Å²) in [4.78, 5) is 26.6. The maximum absolute atomic E-state index is 13.2. The number of ether oxygens (including phenoxy) is 2. The van der Waals surface area contributed by atoms with Gasteiger partial charge in [-0.05, 0) is 79.9 Å². The molecule has 2 aliphatic carbocycles. The van der Waals surface area contributed by atoms with Crippen LogP contribution in [0.3, 0.4) is 0 Å². The zero-order valence-electron chi connectivity index (χ0n) is 24.0. The Morgan fingerprint density at radius 1 is 1.31 bits per heavy atom. The second kappa shape index (κ2) is 11.1. The van der Waals surface area contributed by atoms with Crippen molar-refractivity contribution in [1.29, 1.82) is 0 Å². The number of carbonyl (C=O) groups excluding carboxylic acids is 2. The van der Waals surface area contributed by atoms with Crippen LogP contribution < -0.4 is 10.2 Å². The smallest absolute Gasteiger partial charge is 0.466 e. The van der Waals surface area contributed by atoms with Gasteiger partial charge in [0.05, 0.1) is 12.3 Å². The van der Waals surface area contributed by atoms with E-state index in [1.165, 1.54) is 4.92 Å². The van der Waals surface area contributed by atoms with Crippen LogP contribution in [0.2, 0.25) is 0 Å². The highest BCUT2D eigenvalue weighted by Gasteiger charge is 2.56. The number of carbonyl (C=O) groups is 2. The molecule has 212 valence electrons. The molecule has 0 radical (unpaired) electrons. The third-order valence-corrected chi connectivity index (χ3v) is 9.91. The van der Waals surface area contributed by atoms with Crippen LogP contribution in [0.25, 0.3) is 0 Å². The summed E-state index contributed by atoms with van der Waals surface area (Å²) in [7, 11) is 0.786. The summed E-state index contributed by atoms with van der Waals surface area (Å²) in [5, 5.41) is 26.0. The van der Waals surface area contributed by atoms with E-state index >= 15 is 0 Å². The average molecular weight is 538 g/mol. The van der Waals surface area contributed by atoms with Gasteiger partial charge in [-0.2, -0.15) is 5.10 Å². The molecule has 2 fully saturated rings. The molecule has 0 saturated heterocycles. The number of Topliss-reactive ketones (excluding diaryl/α,β-unsaturated/α-hetero) is 1. The van der Waals surface area contributed by atoms with Crippen molar-refractivity contribution in [1.82, 2.24) is 4.92 Å². The van der Waals surface area contributed by atoms with E-state index in [-0.39, 0.29) is 23.2 Å². The first-order valence-corrected chi connectivity index (χ1v) is 14.0. The number of fused-ring (bicyclic) bond motifs is 3. The molecule has 2 N–H and O–H groups in total. The second-order valence-electron chi connectivity index (χ2n) is 12.7. The standard InChI is InChI=1S/C30H43BN2O6/c1-7-28(4)16-26(29(5)19-30(15-25(28)35,12-10-20(29)2)13-11-21(3)34)39-27(36)18-38-23-9-8-22-17-32-33(6)31(37)24(22)14-23/h7-9,14,17,20,25-26,35,37H,1,10-13,15-16,18-19H2,2-6H3/t20-,25+,26-,28-,29+,30+/m1/s1. The van der Waals surface area contributed by atoms with E-state index in [1.807, 2.05) is 6.92 Å². The summed E-state index contributed by atoms with van der Waals surface area (Å²) < 4.78 is 12.0. The normalized spacial score (nSPS) is 34.0. The van der Waals surface area contributed by atoms with Gasteiger partial charge in [0.25, 0.3) is 0 Å². The van der Waals surface area contributed by atoms with Gasteiger partial charge in [0.1, 0.15) is 17.6 Å². The van der Waals surface area contributed by atoms with E-state index in [1.54, 1.807) is 44.5 Å². The molecule has 0 unspecified atom stereocenters. The number of rotatable bonds is 8. The van der Waals surface area contributed by atoms with Crippen molar-refractivity contribution in [2.24, 2.45) is 27.3 Å². The molecule has 2 saturated carbocycles. The summed E-state index contributed by atoms with van der Waals surface area (Å²) in [6, 6.07) is 5.25. The van der Waals surface area contributed by atoms with E-state index < -0.39 is 30.6 Å². The van der Waals surface area contributed by atoms with Gasteiger partial charge in [-0.1, -0.05) is 32.9 Å². The Bertz CT molecular complexity index is 1140. The summed E-state index contributed by atoms with van der Waals surface area (Å²) in [5.41, 5.74) is 0.279. The summed E-state index contributed by atoms with van der Waals surface area (Å²) in [6.45, 7) is 11.8. The first-order valence-electron chi connectivity index (χ1n) is 14.0. The van der Waals surface area contributed by atoms with Crippen molar-refractivity contribution >= 4 is 30.5 Å². The van der Waals surface area contributed by atoms with Crippen LogP contribution in [0, 0.1) is 22.2 Å². The Morgan fingerprint density at radius 2 is 2.05 bits per heavy atom. The van der Waals surface area contributed by atoms with Crippen LogP contribution in [0.1, 0.15) is 78.2 Å². The monoisotopic (exact) mass is 538 g/mol. The molecule has 39 heavy (non-hydrogen) atoms. The van der Waals surface area contributed by atoms with Crippen LogP contribution in [0.4, 0.5) is 0 Å². The summed E-state index contributed by atoms with van der Waals surface area (Å²) in [5.74, 6) is 0.429. The van der Waals surface area contributed by atoms with Crippen molar-refractivity contribution < 1.29 is 29.2 Å². The molecule has 4 rings (SSSR count). The van der Waals surface area contributed by atoms with Crippen molar-refractivity contribution in [2.45, 2.75) is 84.8 Å². The van der Waals surface area contributed by atoms with Gasteiger partial charge in [-0.3, -0.25) is 0 Å². The molecular weight excluding hydrogens is 495 g/mol. The SMILES string of the molecule is C=C[C@]1(C)C[C@@H](OC(=O)COc2ccc3c(c2)B(O)N(C)N=C3)[C@@]2(C)C[C@](CCC(C)=O)(CC[C@H]2C)C[C@@H]1O. The Morgan fingerprint density at radius 3 is 2.74 bits per heavy atom. The van der Waals surface area contributed by atoms with Crippen LogP contribution >= 0.6 is 0 Å². The largest absolute Gasteiger partial charge is 0.482 e. The maximum Gasteiger partial charge on any atom is 0.466 e. The second-order valence-corrected chi connectivity index (χ2v) is 12.7. The third kappa shape index (κ3) is 5.94. The van der Waals surface area contributed by atoms with Crippen molar-refractivity contribution in [2.75, 3.05) is 13.7 Å². The number of benzene rings is 1. The Kier molecular flexibility index (Phi) is 8.34. The molecule has 0 amide bonds. The number of aliphatic hydroxyl groups is 1. The van der Waals surface area contributed by atoms with Gasteiger partial charge in [0.15, 0.2) is 6.61 Å². The molecule has 0 spiro atoms. The van der Waals surface area contributed by atoms with E-state index in [2.05, 4.69) is 25.5 Å². The van der Waals surface area contributed by atoms with Crippen molar-refractivity contribution in [3.63, 3.8) is 0 Å². The van der Waals surface area contributed by atoms with Crippen LogP contribution in [0.5, 0.6) is 5.75 Å². The van der Waals surface area contributed by atoms with Crippen molar-refractivity contribution in [3.05, 3.63) is 36.4 Å². The zero-order chi connectivity index (χ0) is 28.6. The van der Waals surface area contributed by atoms with Crippen LogP contribution in [-0.2, 0) is 14.3 Å². The lowest BCUT2D eigenvalue weighted by atomic mass is 9.50. The fraction of sp³-hybridized carbons (Fsp3) is 0.633. The fourth-order valence-electron chi connectivity index (χ4n) is 6.83. The summed E-state index contributed by atoms with van der Waals surface area (Å²) >= 11 is 0. The van der Waals surface area contributed by atoms with Crippen LogP contribution in [0.15, 0.2) is 36.0 Å². The van der Waals surface area contributed by atoms with E-state index in [0.717, 1.165) is 31.2 Å². The number of esters is 1. The molecule has 6 atom stereocenters. The fourth-order valence-corrected chi connectivity index (χ4v) is 6.83.